The Morgan fingerprint density at radius 3 is 2.81 bits per heavy atom. The second-order valence-electron chi connectivity index (χ2n) is 5.73. The molecule has 5 heteroatoms. The highest BCUT2D eigenvalue weighted by Crippen LogP contribution is 2.27. The molecule has 21 heavy (non-hydrogen) atoms. The lowest BCUT2D eigenvalue weighted by atomic mass is 10.0. The minimum absolute atomic E-state index is 0.327. The Balaban J connectivity index is 1.84. The average Bonchev–Trinajstić information content (AvgIpc) is 2.91. The maximum Gasteiger partial charge on any atom is 0.335 e. The molecule has 2 aromatic rings. The number of aromatic carboxylic acids is 1. The van der Waals surface area contributed by atoms with E-state index in [4.69, 9.17) is 5.11 Å². The van der Waals surface area contributed by atoms with Crippen molar-refractivity contribution in [2.24, 2.45) is 0 Å². The van der Waals surface area contributed by atoms with E-state index < -0.39 is 5.97 Å². The fraction of sp³-hybridized carbons (Fsp3) is 0.500. The molecule has 0 unspecified atom stereocenters. The van der Waals surface area contributed by atoms with Gasteiger partial charge in [0.2, 0.25) is 0 Å². The largest absolute Gasteiger partial charge is 0.478 e. The standard InChI is InChI=1S/C16H21N3O2/c1-2-7-18-8-5-13(6-9-18)19-11-17-14-4-3-12(16(20)21)10-15(14)19/h3-4,10-11,13H,2,5-9H2,1H3,(H,20,21). The first-order valence-electron chi connectivity index (χ1n) is 7.61. The van der Waals surface area contributed by atoms with Gasteiger partial charge in [0.05, 0.1) is 22.9 Å². The molecule has 0 amide bonds. The first-order valence-corrected chi connectivity index (χ1v) is 7.61. The van der Waals surface area contributed by atoms with Crippen LogP contribution in [0.15, 0.2) is 24.5 Å². The van der Waals surface area contributed by atoms with Gasteiger partial charge < -0.3 is 14.6 Å². The number of imidazole rings is 1. The molecule has 1 aliphatic rings. The van der Waals surface area contributed by atoms with Crippen LogP contribution in [0.3, 0.4) is 0 Å². The zero-order valence-electron chi connectivity index (χ0n) is 12.3. The minimum atomic E-state index is -0.887. The first kappa shape index (κ1) is 14.1. The highest BCUT2D eigenvalue weighted by Gasteiger charge is 2.21. The normalized spacial score (nSPS) is 17.4. The van der Waals surface area contributed by atoms with Crippen LogP contribution in [0, 0.1) is 0 Å². The molecule has 1 aromatic heterocycles. The second kappa shape index (κ2) is 5.85. The van der Waals surface area contributed by atoms with Crippen molar-refractivity contribution in [3.63, 3.8) is 0 Å². The van der Waals surface area contributed by atoms with Gasteiger partial charge in [-0.1, -0.05) is 6.92 Å². The summed E-state index contributed by atoms with van der Waals surface area (Å²) in [6.07, 6.45) is 5.25. The minimum Gasteiger partial charge on any atom is -0.478 e. The monoisotopic (exact) mass is 287 g/mol. The van der Waals surface area contributed by atoms with Crippen LogP contribution in [-0.4, -0.2) is 45.2 Å². The molecule has 1 fully saturated rings. The van der Waals surface area contributed by atoms with Gasteiger partial charge in [-0.15, -0.1) is 0 Å². The van der Waals surface area contributed by atoms with E-state index in [1.54, 1.807) is 18.2 Å². The molecule has 1 aliphatic heterocycles. The van der Waals surface area contributed by atoms with E-state index in [-0.39, 0.29) is 0 Å². The van der Waals surface area contributed by atoms with Gasteiger partial charge in [-0.25, -0.2) is 9.78 Å². The van der Waals surface area contributed by atoms with Gasteiger partial charge in [0.15, 0.2) is 0 Å². The van der Waals surface area contributed by atoms with Gasteiger partial charge in [-0.3, -0.25) is 0 Å². The Labute approximate surface area is 124 Å². The SMILES string of the molecule is CCCN1CCC(n2cnc3ccc(C(=O)O)cc32)CC1. The van der Waals surface area contributed by atoms with Crippen molar-refractivity contribution < 1.29 is 9.90 Å². The maximum absolute atomic E-state index is 11.1. The van der Waals surface area contributed by atoms with Crippen molar-refractivity contribution >= 4 is 17.0 Å². The third-order valence-corrected chi connectivity index (χ3v) is 4.31. The lowest BCUT2D eigenvalue weighted by Gasteiger charge is -2.32. The number of carboxylic acid groups (broad SMARTS) is 1. The summed E-state index contributed by atoms with van der Waals surface area (Å²) in [6.45, 7) is 5.59. The van der Waals surface area contributed by atoms with E-state index in [0.717, 1.165) is 37.0 Å². The predicted molar refractivity (Wildman–Crippen MR) is 81.7 cm³/mol. The summed E-state index contributed by atoms with van der Waals surface area (Å²) in [4.78, 5) is 18.0. The highest BCUT2D eigenvalue weighted by atomic mass is 16.4. The van der Waals surface area contributed by atoms with Crippen molar-refractivity contribution in [3.05, 3.63) is 30.1 Å². The molecule has 5 nitrogen and oxygen atoms in total. The lowest BCUT2D eigenvalue weighted by Crippen LogP contribution is -2.34. The van der Waals surface area contributed by atoms with Crippen molar-refractivity contribution in [3.8, 4) is 0 Å². The molecule has 0 spiro atoms. The lowest BCUT2D eigenvalue weighted by molar-refractivity contribution is 0.0697. The Kier molecular flexibility index (Phi) is 3.92. The number of rotatable bonds is 4. The summed E-state index contributed by atoms with van der Waals surface area (Å²) in [6, 6.07) is 5.57. The van der Waals surface area contributed by atoms with Crippen molar-refractivity contribution in [1.29, 1.82) is 0 Å². The number of aromatic nitrogens is 2. The van der Waals surface area contributed by atoms with Crippen LogP contribution in [0.4, 0.5) is 0 Å². The number of carbonyl (C=O) groups is 1. The van der Waals surface area contributed by atoms with Gasteiger partial charge in [-0.2, -0.15) is 0 Å². The fourth-order valence-corrected chi connectivity index (χ4v) is 3.19. The number of piperidine rings is 1. The number of fused-ring (bicyclic) bond motifs is 1. The van der Waals surface area contributed by atoms with E-state index in [0.29, 0.717) is 11.6 Å². The number of benzene rings is 1. The van der Waals surface area contributed by atoms with Crippen LogP contribution < -0.4 is 0 Å². The fourth-order valence-electron chi connectivity index (χ4n) is 3.19. The summed E-state index contributed by atoms with van der Waals surface area (Å²) in [5.41, 5.74) is 2.13. The Morgan fingerprint density at radius 1 is 1.38 bits per heavy atom. The quantitative estimate of drug-likeness (QED) is 0.939. The van der Waals surface area contributed by atoms with E-state index in [9.17, 15) is 4.79 Å². The third kappa shape index (κ3) is 2.78. The van der Waals surface area contributed by atoms with Gasteiger partial charge in [0.1, 0.15) is 0 Å². The van der Waals surface area contributed by atoms with Crippen LogP contribution in [-0.2, 0) is 0 Å². The molecule has 1 aromatic carbocycles. The summed E-state index contributed by atoms with van der Waals surface area (Å²) in [5.74, 6) is -0.887. The van der Waals surface area contributed by atoms with Crippen molar-refractivity contribution in [2.75, 3.05) is 19.6 Å². The number of hydrogen-bond donors (Lipinski definition) is 1. The molecule has 1 N–H and O–H groups in total. The topological polar surface area (TPSA) is 58.4 Å². The van der Waals surface area contributed by atoms with E-state index in [2.05, 4.69) is 21.4 Å². The maximum atomic E-state index is 11.1. The van der Waals surface area contributed by atoms with Gasteiger partial charge in [0.25, 0.3) is 0 Å². The highest BCUT2D eigenvalue weighted by molar-refractivity contribution is 5.92. The Hall–Kier alpha value is -1.88. The van der Waals surface area contributed by atoms with Gasteiger partial charge in [-0.05, 0) is 44.0 Å². The summed E-state index contributed by atoms with van der Waals surface area (Å²) in [5, 5.41) is 9.14. The molecule has 0 aliphatic carbocycles. The molecule has 0 radical (unpaired) electrons. The second-order valence-corrected chi connectivity index (χ2v) is 5.73. The number of likely N-dealkylation sites (tertiary alicyclic amines) is 1. The molecule has 3 rings (SSSR count). The van der Waals surface area contributed by atoms with E-state index in [1.165, 1.54) is 13.0 Å². The predicted octanol–water partition coefficient (Wildman–Crippen LogP) is 2.78. The van der Waals surface area contributed by atoms with Crippen molar-refractivity contribution in [2.45, 2.75) is 32.2 Å². The van der Waals surface area contributed by atoms with Gasteiger partial charge in [0, 0.05) is 19.1 Å². The summed E-state index contributed by atoms with van der Waals surface area (Å²) in [7, 11) is 0. The number of carboxylic acids is 1. The molecule has 0 saturated carbocycles. The van der Waals surface area contributed by atoms with Gasteiger partial charge >= 0.3 is 5.97 Å². The smallest absolute Gasteiger partial charge is 0.335 e. The average molecular weight is 287 g/mol. The van der Waals surface area contributed by atoms with Crippen LogP contribution in [0.5, 0.6) is 0 Å². The Bertz CT molecular complexity index is 642. The molecule has 2 heterocycles. The zero-order valence-corrected chi connectivity index (χ0v) is 12.3. The Morgan fingerprint density at radius 2 is 2.14 bits per heavy atom. The van der Waals surface area contributed by atoms with Crippen LogP contribution >= 0.6 is 0 Å². The molecular formula is C16H21N3O2. The summed E-state index contributed by atoms with van der Waals surface area (Å²) >= 11 is 0. The number of hydrogen-bond acceptors (Lipinski definition) is 3. The third-order valence-electron chi connectivity index (χ3n) is 4.31. The summed E-state index contributed by atoms with van der Waals surface area (Å²) < 4.78 is 2.16. The molecular weight excluding hydrogens is 266 g/mol. The van der Waals surface area contributed by atoms with Crippen LogP contribution in [0.1, 0.15) is 42.6 Å². The van der Waals surface area contributed by atoms with Crippen LogP contribution in [0.2, 0.25) is 0 Å². The van der Waals surface area contributed by atoms with E-state index >= 15 is 0 Å². The molecule has 0 atom stereocenters. The molecule has 112 valence electrons. The molecule has 0 bridgehead atoms. The van der Waals surface area contributed by atoms with Crippen LogP contribution in [0.25, 0.3) is 11.0 Å². The molecule has 1 saturated heterocycles. The van der Waals surface area contributed by atoms with E-state index in [1.807, 2.05) is 6.33 Å². The first-order chi connectivity index (χ1) is 10.2. The van der Waals surface area contributed by atoms with Crippen molar-refractivity contribution in [1.82, 2.24) is 14.5 Å². The number of nitrogens with zero attached hydrogens (tertiary/aromatic N) is 3. The zero-order chi connectivity index (χ0) is 14.8.